The number of hydrogen-bond donors (Lipinski definition) is 1. The number of nitrogens with zero attached hydrogens (tertiary/aromatic N) is 2. The molecule has 0 saturated carbocycles. The summed E-state index contributed by atoms with van der Waals surface area (Å²) in [5, 5.41) is 3.38. The molecule has 8 nitrogen and oxygen atoms in total. The maximum absolute atomic E-state index is 14.3. The van der Waals surface area contributed by atoms with Crippen LogP contribution < -0.4 is 14.4 Å². The van der Waals surface area contributed by atoms with Gasteiger partial charge in [-0.2, -0.15) is 0 Å². The largest absolute Gasteiger partial charge is 0.457 e. The quantitative estimate of drug-likeness (QED) is 0.134. The van der Waals surface area contributed by atoms with Crippen LogP contribution in [0.3, 0.4) is 0 Å². The first-order valence-electron chi connectivity index (χ1n) is 15.4. The number of sulfonamides is 1. The van der Waals surface area contributed by atoms with Crippen molar-refractivity contribution < 1.29 is 22.7 Å². The molecule has 0 aliphatic rings. The number of carbonyl (C=O) groups excluding carboxylic acids is 2. The van der Waals surface area contributed by atoms with Crippen LogP contribution in [-0.2, 0) is 26.2 Å². The minimum absolute atomic E-state index is 0.0283. The number of nitrogens with one attached hydrogen (secondary N) is 1. The van der Waals surface area contributed by atoms with Crippen LogP contribution in [0.25, 0.3) is 0 Å². The summed E-state index contributed by atoms with van der Waals surface area (Å²) < 4.78 is 35.3. The molecule has 4 aromatic rings. The number of unbranched alkanes of at least 4 members (excludes halogenated alkanes) is 1. The Kier molecular flexibility index (Phi) is 12.2. The second kappa shape index (κ2) is 16.3. The maximum atomic E-state index is 14.3. The van der Waals surface area contributed by atoms with Crippen molar-refractivity contribution in [2.24, 2.45) is 0 Å². The number of hydrogen-bond acceptors (Lipinski definition) is 5. The summed E-state index contributed by atoms with van der Waals surface area (Å²) in [5.41, 5.74) is 1.81. The number of anilines is 1. The van der Waals surface area contributed by atoms with Crippen LogP contribution in [0.4, 0.5) is 5.69 Å². The van der Waals surface area contributed by atoms with Gasteiger partial charge in [0.1, 0.15) is 24.1 Å². The summed E-state index contributed by atoms with van der Waals surface area (Å²) in [4.78, 5) is 29.1. The molecule has 1 N–H and O–H groups in total. The number of halogens is 1. The second-order valence-corrected chi connectivity index (χ2v) is 13.2. The summed E-state index contributed by atoms with van der Waals surface area (Å²) in [6.45, 7) is 5.68. The number of carbonyl (C=O) groups is 2. The molecule has 10 heteroatoms. The van der Waals surface area contributed by atoms with Gasteiger partial charge in [0.15, 0.2) is 0 Å². The molecule has 0 fully saturated rings. The maximum Gasteiger partial charge on any atom is 0.264 e. The summed E-state index contributed by atoms with van der Waals surface area (Å²) in [5.74, 6) is 0.293. The minimum Gasteiger partial charge on any atom is -0.457 e. The third-order valence-electron chi connectivity index (χ3n) is 7.51. The average molecular weight is 662 g/mol. The lowest BCUT2D eigenvalue weighted by Crippen LogP contribution is -2.52. The van der Waals surface area contributed by atoms with Crippen LogP contribution in [0.5, 0.6) is 11.5 Å². The Morgan fingerprint density at radius 3 is 2.11 bits per heavy atom. The lowest BCUT2D eigenvalue weighted by Gasteiger charge is -2.33. The molecule has 1 unspecified atom stereocenters. The van der Waals surface area contributed by atoms with Gasteiger partial charge < -0.3 is 15.0 Å². The van der Waals surface area contributed by atoms with E-state index in [-0.39, 0.29) is 23.0 Å². The number of ether oxygens (including phenoxy) is 1. The number of rotatable bonds is 15. The molecule has 0 aliphatic heterocycles. The zero-order valence-corrected chi connectivity index (χ0v) is 27.9. The van der Waals surface area contributed by atoms with E-state index in [2.05, 4.69) is 5.32 Å². The zero-order valence-electron chi connectivity index (χ0n) is 26.4. The first kappa shape index (κ1) is 34.5. The van der Waals surface area contributed by atoms with Crippen molar-refractivity contribution in [3.05, 3.63) is 119 Å². The highest BCUT2D eigenvalue weighted by Crippen LogP contribution is 2.29. The first-order chi connectivity index (χ1) is 22.1. The molecule has 1 atom stereocenters. The Morgan fingerprint density at radius 2 is 1.48 bits per heavy atom. The molecular formula is C36H40ClN3O5S. The fraction of sp³-hybridized carbons (Fsp3) is 0.278. The molecule has 0 spiro atoms. The average Bonchev–Trinajstić information content (AvgIpc) is 3.05. The van der Waals surface area contributed by atoms with E-state index in [0.717, 1.165) is 22.7 Å². The lowest BCUT2D eigenvalue weighted by molar-refractivity contribution is -0.140. The normalized spacial score (nSPS) is 11.8. The first-order valence-corrected chi connectivity index (χ1v) is 17.2. The lowest BCUT2D eigenvalue weighted by atomic mass is 10.1. The van der Waals surface area contributed by atoms with Gasteiger partial charge in [-0.05, 0) is 79.9 Å². The Morgan fingerprint density at radius 1 is 0.848 bits per heavy atom. The standard InChI is InChI=1S/C36H40ClN3O5S/c1-4-6-24-38-36(42)34(5-2)39(25-28-12-10-11-15-33(28)37)35(41)26-40(46(43,44)32-22-16-27(3)17-23-32)29-18-20-31(21-19-29)45-30-13-8-7-9-14-30/h7-23,34H,4-6,24-26H2,1-3H3,(H,38,42). The van der Waals surface area contributed by atoms with E-state index in [1.165, 1.54) is 17.0 Å². The predicted molar refractivity (Wildman–Crippen MR) is 183 cm³/mol. The van der Waals surface area contributed by atoms with Crippen LogP contribution >= 0.6 is 11.6 Å². The summed E-state index contributed by atoms with van der Waals surface area (Å²) in [6.07, 6.45) is 2.03. The van der Waals surface area contributed by atoms with Gasteiger partial charge in [-0.3, -0.25) is 13.9 Å². The van der Waals surface area contributed by atoms with Gasteiger partial charge in [-0.15, -0.1) is 0 Å². The van der Waals surface area contributed by atoms with Gasteiger partial charge in [0.2, 0.25) is 11.8 Å². The van der Waals surface area contributed by atoms with Gasteiger partial charge in [0.05, 0.1) is 10.6 Å². The highest BCUT2D eigenvalue weighted by molar-refractivity contribution is 7.92. The minimum atomic E-state index is -4.20. The Hall–Kier alpha value is -4.34. The van der Waals surface area contributed by atoms with Gasteiger partial charge >= 0.3 is 0 Å². The van der Waals surface area contributed by atoms with E-state index < -0.39 is 28.5 Å². The smallest absolute Gasteiger partial charge is 0.264 e. The number of para-hydroxylation sites is 1. The number of benzene rings is 4. The van der Waals surface area contributed by atoms with E-state index in [4.69, 9.17) is 16.3 Å². The van der Waals surface area contributed by atoms with Crippen LogP contribution in [0.15, 0.2) is 108 Å². The van der Waals surface area contributed by atoms with Crippen molar-refractivity contribution >= 4 is 39.1 Å². The van der Waals surface area contributed by atoms with E-state index in [1.54, 1.807) is 60.7 Å². The molecule has 4 rings (SSSR count). The molecule has 0 aliphatic carbocycles. The van der Waals surface area contributed by atoms with Gasteiger partial charge in [-0.25, -0.2) is 8.42 Å². The predicted octanol–water partition coefficient (Wildman–Crippen LogP) is 7.36. The third-order valence-corrected chi connectivity index (χ3v) is 9.66. The molecule has 0 saturated heterocycles. The molecule has 0 bridgehead atoms. The van der Waals surface area contributed by atoms with Crippen LogP contribution in [0, 0.1) is 6.92 Å². The molecule has 4 aromatic carbocycles. The highest BCUT2D eigenvalue weighted by atomic mass is 35.5. The molecule has 0 radical (unpaired) electrons. The molecule has 2 amide bonds. The summed E-state index contributed by atoms with van der Waals surface area (Å²) in [6, 6.07) is 28.5. The fourth-order valence-corrected chi connectivity index (χ4v) is 6.52. The fourth-order valence-electron chi connectivity index (χ4n) is 4.91. The van der Waals surface area contributed by atoms with Crippen molar-refractivity contribution in [2.45, 2.75) is 57.5 Å². The molecule has 0 heterocycles. The van der Waals surface area contributed by atoms with Crippen molar-refractivity contribution in [1.29, 1.82) is 0 Å². The van der Waals surface area contributed by atoms with Gasteiger partial charge in [0, 0.05) is 18.1 Å². The third kappa shape index (κ3) is 8.89. The van der Waals surface area contributed by atoms with Gasteiger partial charge in [0.25, 0.3) is 10.0 Å². The highest BCUT2D eigenvalue weighted by Gasteiger charge is 2.34. The summed E-state index contributed by atoms with van der Waals surface area (Å²) >= 11 is 6.49. The van der Waals surface area contributed by atoms with Crippen molar-refractivity contribution in [2.75, 3.05) is 17.4 Å². The van der Waals surface area contributed by atoms with E-state index in [0.29, 0.717) is 35.1 Å². The Bertz CT molecular complexity index is 1700. The summed E-state index contributed by atoms with van der Waals surface area (Å²) in [7, 11) is -4.20. The zero-order chi connectivity index (χ0) is 33.1. The molecule has 0 aromatic heterocycles. The number of amides is 2. The monoisotopic (exact) mass is 661 g/mol. The van der Waals surface area contributed by atoms with Crippen molar-refractivity contribution in [3.8, 4) is 11.5 Å². The molecular weight excluding hydrogens is 622 g/mol. The van der Waals surface area contributed by atoms with Crippen molar-refractivity contribution in [1.82, 2.24) is 10.2 Å². The molecule has 46 heavy (non-hydrogen) atoms. The van der Waals surface area contributed by atoms with Gasteiger partial charge in [-0.1, -0.05) is 86.0 Å². The van der Waals surface area contributed by atoms with Crippen LogP contribution in [0.1, 0.15) is 44.2 Å². The molecule has 242 valence electrons. The van der Waals surface area contributed by atoms with E-state index >= 15 is 0 Å². The SMILES string of the molecule is CCCCNC(=O)C(CC)N(Cc1ccccc1Cl)C(=O)CN(c1ccc(Oc2ccccc2)cc1)S(=O)(=O)c1ccc(C)cc1. The number of aryl methyl sites for hydroxylation is 1. The van der Waals surface area contributed by atoms with Crippen LogP contribution in [-0.4, -0.2) is 44.3 Å². The van der Waals surface area contributed by atoms with Crippen molar-refractivity contribution in [3.63, 3.8) is 0 Å². The Labute approximate surface area is 277 Å². The topological polar surface area (TPSA) is 96.0 Å². The second-order valence-electron chi connectivity index (χ2n) is 10.9. The Balaban J connectivity index is 1.72. The van der Waals surface area contributed by atoms with E-state index in [9.17, 15) is 18.0 Å². The van der Waals surface area contributed by atoms with E-state index in [1.807, 2.05) is 51.1 Å². The van der Waals surface area contributed by atoms with Crippen LogP contribution in [0.2, 0.25) is 5.02 Å².